The van der Waals surface area contributed by atoms with Crippen LogP contribution in [0, 0.1) is 5.82 Å². The minimum absolute atomic E-state index is 0.00942. The molecule has 0 aliphatic heterocycles. The highest BCUT2D eigenvalue weighted by atomic mass is 35.5. The van der Waals surface area contributed by atoms with Crippen LogP contribution in [-0.4, -0.2) is 25.5 Å². The molecule has 1 aliphatic rings. The van der Waals surface area contributed by atoms with Crippen molar-refractivity contribution in [2.75, 3.05) is 24.2 Å². The molecule has 4 nitrogen and oxygen atoms in total. The van der Waals surface area contributed by atoms with Crippen LogP contribution < -0.4 is 15.5 Å². The normalized spacial score (nSPS) is 15.8. The van der Waals surface area contributed by atoms with Crippen molar-refractivity contribution in [2.45, 2.75) is 44.7 Å². The number of carbonyl (C=O) groups excluding carboxylic acids is 1. The highest BCUT2D eigenvalue weighted by Gasteiger charge is 2.22. The molecule has 28 heavy (non-hydrogen) atoms. The number of hydrogen-bond donors (Lipinski definition) is 3. The summed E-state index contributed by atoms with van der Waals surface area (Å²) >= 11 is 5.76. The Hall–Kier alpha value is -2.11. The number of para-hydroxylation sites is 1. The molecular formula is C22H28ClFN3O+. The summed E-state index contributed by atoms with van der Waals surface area (Å²) in [5.74, 6) is -0.707. The smallest absolute Gasteiger partial charge is 0.243 e. The van der Waals surface area contributed by atoms with Gasteiger partial charge in [0.15, 0.2) is 0 Å². The van der Waals surface area contributed by atoms with Gasteiger partial charge in [0, 0.05) is 16.9 Å². The first-order chi connectivity index (χ1) is 13.5. The largest absolute Gasteiger partial charge is 0.376 e. The molecule has 1 atom stereocenters. The van der Waals surface area contributed by atoms with E-state index in [4.69, 9.17) is 11.6 Å². The fourth-order valence-electron chi connectivity index (χ4n) is 3.84. The highest BCUT2D eigenvalue weighted by molar-refractivity contribution is 6.31. The molecule has 1 amide bonds. The predicted molar refractivity (Wildman–Crippen MR) is 112 cm³/mol. The van der Waals surface area contributed by atoms with Crippen molar-refractivity contribution in [3.05, 3.63) is 58.9 Å². The summed E-state index contributed by atoms with van der Waals surface area (Å²) in [5, 5.41) is 5.96. The average Bonchev–Trinajstić information content (AvgIpc) is 2.71. The molecule has 1 unspecified atom stereocenters. The number of quaternary nitrogens is 1. The molecular weight excluding hydrogens is 377 g/mol. The van der Waals surface area contributed by atoms with Gasteiger partial charge in [-0.05, 0) is 49.9 Å². The molecule has 0 heterocycles. The number of nitrogens with one attached hydrogen (secondary N) is 3. The van der Waals surface area contributed by atoms with Gasteiger partial charge in [-0.2, -0.15) is 0 Å². The van der Waals surface area contributed by atoms with Gasteiger partial charge in [0.2, 0.25) is 5.91 Å². The van der Waals surface area contributed by atoms with Gasteiger partial charge in [-0.25, -0.2) is 4.39 Å². The lowest BCUT2D eigenvalue weighted by molar-refractivity contribution is -0.921. The molecule has 1 fully saturated rings. The standard InChI is InChI=1S/C22H27ClFN3O/c1-27(18-8-3-2-4-9-18)15-16-7-5-6-10-21(16)25-14-22(28)26-17-11-12-20(24)19(23)13-17/h5-7,10-13,18,25H,2-4,8-9,14-15H2,1H3,(H,26,28)/p+1. The van der Waals surface area contributed by atoms with Crippen LogP contribution in [0.2, 0.25) is 5.02 Å². The van der Waals surface area contributed by atoms with Crippen molar-refractivity contribution < 1.29 is 14.1 Å². The molecule has 2 aromatic carbocycles. The van der Waals surface area contributed by atoms with Gasteiger partial charge in [0.05, 0.1) is 24.7 Å². The highest BCUT2D eigenvalue weighted by Crippen LogP contribution is 2.20. The van der Waals surface area contributed by atoms with Crippen molar-refractivity contribution in [2.24, 2.45) is 0 Å². The molecule has 0 bridgehead atoms. The molecule has 3 rings (SSSR count). The zero-order chi connectivity index (χ0) is 19.9. The fraction of sp³-hybridized carbons (Fsp3) is 0.409. The van der Waals surface area contributed by atoms with Crippen LogP contribution in [-0.2, 0) is 11.3 Å². The lowest BCUT2D eigenvalue weighted by Gasteiger charge is -2.28. The van der Waals surface area contributed by atoms with E-state index in [0.29, 0.717) is 11.7 Å². The third-order valence-corrected chi connectivity index (χ3v) is 5.72. The minimum Gasteiger partial charge on any atom is -0.376 e. The van der Waals surface area contributed by atoms with E-state index in [9.17, 15) is 9.18 Å². The minimum atomic E-state index is -0.503. The number of benzene rings is 2. The second-order valence-electron chi connectivity index (χ2n) is 7.55. The van der Waals surface area contributed by atoms with Crippen molar-refractivity contribution in [3.8, 4) is 0 Å². The Labute approximate surface area is 171 Å². The summed E-state index contributed by atoms with van der Waals surface area (Å²) in [4.78, 5) is 13.8. The van der Waals surface area contributed by atoms with Crippen molar-refractivity contribution in [1.29, 1.82) is 0 Å². The first-order valence-electron chi connectivity index (χ1n) is 9.92. The number of carbonyl (C=O) groups is 1. The maximum atomic E-state index is 13.2. The van der Waals surface area contributed by atoms with Crippen LogP contribution in [0.5, 0.6) is 0 Å². The van der Waals surface area contributed by atoms with E-state index in [-0.39, 0.29) is 17.5 Å². The molecule has 0 spiro atoms. The number of rotatable bonds is 7. The van der Waals surface area contributed by atoms with Crippen LogP contribution in [0.1, 0.15) is 37.7 Å². The lowest BCUT2D eigenvalue weighted by atomic mass is 9.94. The maximum absolute atomic E-state index is 13.2. The SMILES string of the molecule is C[NH+](Cc1ccccc1NCC(=O)Nc1ccc(F)c(Cl)c1)C1CCCCC1. The Balaban J connectivity index is 1.56. The van der Waals surface area contributed by atoms with E-state index >= 15 is 0 Å². The van der Waals surface area contributed by atoms with Gasteiger partial charge in [0.25, 0.3) is 0 Å². The monoisotopic (exact) mass is 404 g/mol. The summed E-state index contributed by atoms with van der Waals surface area (Å²) in [6, 6.07) is 13.0. The third-order valence-electron chi connectivity index (χ3n) is 5.43. The molecule has 0 aromatic heterocycles. The molecule has 0 radical (unpaired) electrons. The van der Waals surface area contributed by atoms with Crippen LogP contribution >= 0.6 is 11.6 Å². The molecule has 150 valence electrons. The first-order valence-corrected chi connectivity index (χ1v) is 10.3. The van der Waals surface area contributed by atoms with Gasteiger partial charge in [-0.15, -0.1) is 0 Å². The molecule has 6 heteroatoms. The number of hydrogen-bond acceptors (Lipinski definition) is 2. The Morgan fingerprint density at radius 3 is 2.68 bits per heavy atom. The van der Waals surface area contributed by atoms with E-state index < -0.39 is 5.82 Å². The van der Waals surface area contributed by atoms with E-state index in [1.165, 1.54) is 60.8 Å². The number of amides is 1. The third kappa shape index (κ3) is 5.69. The quantitative estimate of drug-likeness (QED) is 0.655. The van der Waals surface area contributed by atoms with Crippen LogP contribution in [0.25, 0.3) is 0 Å². The summed E-state index contributed by atoms with van der Waals surface area (Å²) in [7, 11) is 2.26. The Morgan fingerprint density at radius 1 is 1.18 bits per heavy atom. The van der Waals surface area contributed by atoms with Crippen LogP contribution in [0.15, 0.2) is 42.5 Å². The Bertz CT molecular complexity index is 808. The molecule has 2 aromatic rings. The van der Waals surface area contributed by atoms with Crippen molar-refractivity contribution >= 4 is 28.9 Å². The van der Waals surface area contributed by atoms with Crippen molar-refractivity contribution in [1.82, 2.24) is 0 Å². The molecule has 1 aliphatic carbocycles. The Morgan fingerprint density at radius 2 is 1.93 bits per heavy atom. The second-order valence-corrected chi connectivity index (χ2v) is 7.95. The zero-order valence-corrected chi connectivity index (χ0v) is 17.0. The van der Waals surface area contributed by atoms with Gasteiger partial charge < -0.3 is 15.5 Å². The summed E-state index contributed by atoms with van der Waals surface area (Å²) in [6.45, 7) is 1.07. The topological polar surface area (TPSA) is 45.6 Å². The summed E-state index contributed by atoms with van der Waals surface area (Å²) in [6.07, 6.45) is 6.61. The predicted octanol–water partition coefficient (Wildman–Crippen LogP) is 3.88. The van der Waals surface area contributed by atoms with Gasteiger partial charge >= 0.3 is 0 Å². The summed E-state index contributed by atoms with van der Waals surface area (Å²) < 4.78 is 13.2. The van der Waals surface area contributed by atoms with E-state index in [0.717, 1.165) is 12.2 Å². The molecule has 1 saturated carbocycles. The maximum Gasteiger partial charge on any atom is 0.243 e. The summed E-state index contributed by atoms with van der Waals surface area (Å²) in [5.41, 5.74) is 2.67. The average molecular weight is 405 g/mol. The number of halogens is 2. The first kappa shape index (κ1) is 20.6. The van der Waals surface area contributed by atoms with E-state index in [1.54, 1.807) is 0 Å². The second kappa shape index (κ2) is 9.89. The van der Waals surface area contributed by atoms with Crippen LogP contribution in [0.4, 0.5) is 15.8 Å². The van der Waals surface area contributed by atoms with E-state index in [1.807, 2.05) is 18.2 Å². The molecule has 0 saturated heterocycles. The zero-order valence-electron chi connectivity index (χ0n) is 16.2. The fourth-order valence-corrected chi connectivity index (χ4v) is 4.02. The van der Waals surface area contributed by atoms with Crippen molar-refractivity contribution in [3.63, 3.8) is 0 Å². The van der Waals surface area contributed by atoms with Gasteiger partial charge in [0.1, 0.15) is 12.4 Å². The lowest BCUT2D eigenvalue weighted by Crippen LogP contribution is -3.11. The van der Waals surface area contributed by atoms with Crippen LogP contribution in [0.3, 0.4) is 0 Å². The number of anilines is 2. The van der Waals surface area contributed by atoms with Gasteiger partial charge in [-0.1, -0.05) is 36.2 Å². The Kier molecular flexibility index (Phi) is 7.29. The van der Waals surface area contributed by atoms with E-state index in [2.05, 4.69) is 23.7 Å². The van der Waals surface area contributed by atoms with Gasteiger partial charge in [-0.3, -0.25) is 4.79 Å². The molecule has 3 N–H and O–H groups in total.